The first-order valence-corrected chi connectivity index (χ1v) is 10.3. The Labute approximate surface area is 170 Å². The largest absolute Gasteiger partial charge is 0.530 e. The number of nitrogens with zero attached hydrogens (tertiary/aromatic N) is 1. The summed E-state index contributed by atoms with van der Waals surface area (Å²) in [5.74, 6) is -0.479. The van der Waals surface area contributed by atoms with E-state index in [4.69, 9.17) is 46.2 Å². The maximum Gasteiger partial charge on any atom is 0.530 e. The molecule has 152 valence electrons. The Kier molecular flexibility index (Phi) is 5.96. The minimum absolute atomic E-state index is 0.140. The summed E-state index contributed by atoms with van der Waals surface area (Å²) in [5, 5.41) is 10.8. The van der Waals surface area contributed by atoms with Gasteiger partial charge in [-0.25, -0.2) is 4.57 Å². The van der Waals surface area contributed by atoms with Crippen molar-refractivity contribution in [3.8, 4) is 5.75 Å². The number of carbonyl (C=O) groups excluding carboxylic acids is 1. The van der Waals surface area contributed by atoms with Crippen LogP contribution < -0.4 is 4.52 Å². The molecule has 0 radical (unpaired) electrons. The van der Waals surface area contributed by atoms with Crippen LogP contribution >= 0.6 is 31.0 Å². The van der Waals surface area contributed by atoms with Gasteiger partial charge in [0.2, 0.25) is 0 Å². The van der Waals surface area contributed by atoms with Gasteiger partial charge in [0.05, 0.1) is 24.1 Å². The van der Waals surface area contributed by atoms with Gasteiger partial charge in [-0.3, -0.25) is 24.0 Å². The van der Waals surface area contributed by atoms with Crippen LogP contribution in [0.25, 0.3) is 0 Å². The summed E-state index contributed by atoms with van der Waals surface area (Å²) in [6.45, 7) is 0.637. The van der Waals surface area contributed by atoms with Crippen molar-refractivity contribution >= 4 is 50.5 Å². The first-order chi connectivity index (χ1) is 13.0. The third kappa shape index (κ3) is 4.29. The van der Waals surface area contributed by atoms with Gasteiger partial charge in [0.1, 0.15) is 19.7 Å². The van der Waals surface area contributed by atoms with Crippen LogP contribution in [0.4, 0.5) is 5.69 Å². The van der Waals surface area contributed by atoms with Gasteiger partial charge in [-0.2, -0.15) is 0 Å². The van der Waals surface area contributed by atoms with E-state index in [-0.39, 0.29) is 24.7 Å². The molecule has 10 nitrogen and oxygen atoms in total. The zero-order valence-electron chi connectivity index (χ0n) is 14.7. The van der Waals surface area contributed by atoms with Crippen molar-refractivity contribution in [3.05, 3.63) is 33.9 Å². The smallest absolute Gasteiger partial charge is 0.456 e. The molecule has 1 fully saturated rings. The average Bonchev–Trinajstić information content (AvgIpc) is 2.82. The van der Waals surface area contributed by atoms with Crippen molar-refractivity contribution in [2.24, 2.45) is 0 Å². The van der Waals surface area contributed by atoms with Gasteiger partial charge in [-0.15, -0.1) is 0 Å². The second-order valence-corrected chi connectivity index (χ2v) is 9.22. The summed E-state index contributed by atoms with van der Waals surface area (Å²) in [6.07, 6.45) is -1.97. The van der Waals surface area contributed by atoms with E-state index in [0.717, 1.165) is 0 Å². The SMILES string of the molecule is B[C@@H]1O[C@H](COP2(=O)OCc3cc([N+](=O)[O-])ccc3O2)[C@@H](OC(C)=O)C1(Cl)Cl. The maximum atomic E-state index is 12.7. The number of phosphoric acid groups is 1. The second kappa shape index (κ2) is 7.81. The molecule has 0 amide bonds. The molecule has 0 aliphatic carbocycles. The molecule has 1 aromatic rings. The fraction of sp³-hybridized carbons (Fsp3) is 0.500. The number of carbonyl (C=O) groups is 1. The van der Waals surface area contributed by atoms with E-state index in [9.17, 15) is 19.5 Å². The first-order valence-electron chi connectivity index (χ1n) is 8.08. The number of ether oxygens (including phenoxy) is 2. The van der Waals surface area contributed by atoms with E-state index in [1.54, 1.807) is 7.85 Å². The third-order valence-corrected chi connectivity index (χ3v) is 6.55. The summed E-state index contributed by atoms with van der Waals surface area (Å²) in [6, 6.07) is 3.09. The Hall–Kier alpha value is -1.36. The molecule has 0 spiro atoms. The highest BCUT2D eigenvalue weighted by atomic mass is 35.5. The van der Waals surface area contributed by atoms with Crippen LogP contribution in [0.2, 0.25) is 0 Å². The lowest BCUT2D eigenvalue weighted by atomic mass is 9.95. The molecule has 1 aromatic carbocycles. The predicted molar refractivity (Wildman–Crippen MR) is 99.3 cm³/mol. The number of non-ortho nitro benzene ring substituents is 1. The molecule has 0 bridgehead atoms. The Balaban J connectivity index is 1.69. The number of fused-ring (bicyclic) bond motifs is 1. The Morgan fingerprint density at radius 2 is 2.21 bits per heavy atom. The van der Waals surface area contributed by atoms with Crippen molar-refractivity contribution < 1.29 is 37.3 Å². The van der Waals surface area contributed by atoms with E-state index >= 15 is 0 Å². The Bertz CT molecular complexity index is 854. The van der Waals surface area contributed by atoms with Crippen LogP contribution in [0.5, 0.6) is 5.75 Å². The normalized spacial score (nSPS) is 30.9. The lowest BCUT2D eigenvalue weighted by Crippen LogP contribution is -2.42. The van der Waals surface area contributed by atoms with E-state index in [1.807, 2.05) is 0 Å². The number of hydrogen-bond acceptors (Lipinski definition) is 9. The molecule has 1 unspecified atom stereocenters. The van der Waals surface area contributed by atoms with Crippen LogP contribution in [-0.2, 0) is 34.5 Å². The van der Waals surface area contributed by atoms with Gasteiger partial charge in [0, 0.05) is 24.6 Å². The van der Waals surface area contributed by atoms with Gasteiger partial charge in [-0.1, -0.05) is 23.2 Å². The molecule has 4 atom stereocenters. The molecule has 28 heavy (non-hydrogen) atoms. The number of rotatable bonds is 5. The fourth-order valence-corrected chi connectivity index (χ4v) is 4.47. The summed E-state index contributed by atoms with van der Waals surface area (Å²) < 4.78 is 37.6. The van der Waals surface area contributed by atoms with Crippen LogP contribution in [0.15, 0.2) is 18.2 Å². The minimum atomic E-state index is -4.04. The highest BCUT2D eigenvalue weighted by molar-refractivity contribution is 7.49. The van der Waals surface area contributed by atoms with Crippen molar-refractivity contribution in [2.75, 3.05) is 6.61 Å². The predicted octanol–water partition coefficient (Wildman–Crippen LogP) is 2.09. The molecule has 0 saturated carbocycles. The summed E-state index contributed by atoms with van der Waals surface area (Å²) in [7, 11) is -2.44. The zero-order chi connectivity index (χ0) is 20.7. The van der Waals surface area contributed by atoms with Gasteiger partial charge in [0.15, 0.2) is 10.4 Å². The summed E-state index contributed by atoms with van der Waals surface area (Å²) >= 11 is 12.4. The number of alkyl halides is 2. The standard InChI is InChI=1S/C14H15BCl2NO9P/c1-7(19)25-12-11(26-13(15)14(12,16)17)6-24-28(22)23-5-8-4-9(18(20)21)2-3-10(8)27-28/h2-4,11-13H,5-6,15H2,1H3/t11-,12-,13-,28?/m1/s1. The molecular weight excluding hydrogens is 439 g/mol. The molecule has 2 heterocycles. The van der Waals surface area contributed by atoms with Crippen molar-refractivity contribution in [1.29, 1.82) is 0 Å². The first kappa shape index (κ1) is 21.4. The van der Waals surface area contributed by atoms with Gasteiger partial charge in [0.25, 0.3) is 5.69 Å². The zero-order valence-corrected chi connectivity index (χ0v) is 17.1. The Morgan fingerprint density at radius 3 is 2.86 bits per heavy atom. The number of halogens is 2. The maximum absolute atomic E-state index is 12.7. The molecular formula is C14H15BCl2NO9P. The molecule has 0 aromatic heterocycles. The third-order valence-electron chi connectivity index (χ3n) is 4.17. The topological polar surface area (TPSA) is 123 Å². The van der Waals surface area contributed by atoms with Crippen molar-refractivity contribution in [1.82, 2.24) is 0 Å². The van der Waals surface area contributed by atoms with Crippen molar-refractivity contribution in [2.45, 2.75) is 36.1 Å². The van der Waals surface area contributed by atoms with E-state index in [1.165, 1.54) is 25.1 Å². The lowest BCUT2D eigenvalue weighted by molar-refractivity contribution is -0.385. The van der Waals surface area contributed by atoms with Gasteiger partial charge in [-0.05, 0) is 6.07 Å². The van der Waals surface area contributed by atoms with Crippen molar-refractivity contribution in [3.63, 3.8) is 0 Å². The molecule has 14 heteroatoms. The van der Waals surface area contributed by atoms with Gasteiger partial charge < -0.3 is 14.0 Å². The number of nitro benzene ring substituents is 1. The number of nitro groups is 1. The highest BCUT2D eigenvalue weighted by Gasteiger charge is 2.55. The molecule has 3 rings (SSSR count). The molecule has 2 aliphatic heterocycles. The number of phosphoric ester groups is 1. The number of benzene rings is 1. The van der Waals surface area contributed by atoms with Gasteiger partial charge >= 0.3 is 13.8 Å². The lowest BCUT2D eigenvalue weighted by Gasteiger charge is -2.27. The molecule has 2 aliphatic rings. The monoisotopic (exact) mass is 453 g/mol. The number of hydrogen-bond donors (Lipinski definition) is 0. The van der Waals surface area contributed by atoms with E-state index < -0.39 is 41.3 Å². The molecule has 0 N–H and O–H groups in total. The van der Waals surface area contributed by atoms with Crippen LogP contribution in [0.3, 0.4) is 0 Å². The Morgan fingerprint density at radius 1 is 1.50 bits per heavy atom. The fourth-order valence-electron chi connectivity index (χ4n) is 2.77. The van der Waals surface area contributed by atoms with E-state index in [0.29, 0.717) is 5.56 Å². The average molecular weight is 454 g/mol. The quantitative estimate of drug-likeness (QED) is 0.164. The number of esters is 1. The van der Waals surface area contributed by atoms with Crippen LogP contribution in [0, 0.1) is 10.1 Å². The molecule has 1 saturated heterocycles. The highest BCUT2D eigenvalue weighted by Crippen LogP contribution is 2.55. The van der Waals surface area contributed by atoms with Crippen LogP contribution in [0.1, 0.15) is 12.5 Å². The minimum Gasteiger partial charge on any atom is -0.456 e. The summed E-state index contributed by atoms with van der Waals surface area (Å²) in [4.78, 5) is 21.6. The summed E-state index contributed by atoms with van der Waals surface area (Å²) in [5.41, 5.74) is 0.204. The van der Waals surface area contributed by atoms with Crippen LogP contribution in [-0.4, -0.2) is 47.9 Å². The second-order valence-electron chi connectivity index (χ2n) is 6.18. The van der Waals surface area contributed by atoms with E-state index in [2.05, 4.69) is 0 Å².